The first-order chi connectivity index (χ1) is 13.5. The first kappa shape index (κ1) is 19.6. The number of aromatic nitrogens is 2. The molecule has 3 rings (SSSR count). The minimum absolute atomic E-state index is 0.140. The molecule has 0 radical (unpaired) electrons. The van der Waals surface area contributed by atoms with Gasteiger partial charge >= 0.3 is 5.97 Å². The second kappa shape index (κ2) is 8.66. The van der Waals surface area contributed by atoms with Crippen LogP contribution in [-0.4, -0.2) is 34.1 Å². The molecule has 1 atom stereocenters. The SMILES string of the molecule is CCOC(=O)C(C)Oc1cccc2c(=O)n(CC(=O)Nc3nccs3)ccc12. The summed E-state index contributed by atoms with van der Waals surface area (Å²) in [4.78, 5) is 40.7. The molecule has 0 bridgehead atoms. The maximum absolute atomic E-state index is 12.8. The lowest BCUT2D eigenvalue weighted by molar-refractivity contribution is -0.150. The lowest BCUT2D eigenvalue weighted by Gasteiger charge is -2.15. The van der Waals surface area contributed by atoms with E-state index in [1.807, 2.05) is 0 Å². The Morgan fingerprint density at radius 2 is 2.11 bits per heavy atom. The van der Waals surface area contributed by atoms with Crippen LogP contribution >= 0.6 is 11.3 Å². The molecule has 28 heavy (non-hydrogen) atoms. The van der Waals surface area contributed by atoms with E-state index in [1.54, 1.807) is 49.7 Å². The normalized spacial score (nSPS) is 11.8. The van der Waals surface area contributed by atoms with E-state index in [0.29, 0.717) is 21.7 Å². The molecule has 8 nitrogen and oxygen atoms in total. The highest BCUT2D eigenvalue weighted by molar-refractivity contribution is 7.13. The van der Waals surface area contributed by atoms with Crippen LogP contribution in [0.4, 0.5) is 5.13 Å². The van der Waals surface area contributed by atoms with Crippen molar-refractivity contribution in [1.29, 1.82) is 0 Å². The maximum Gasteiger partial charge on any atom is 0.347 e. The van der Waals surface area contributed by atoms with Crippen LogP contribution in [0.5, 0.6) is 5.75 Å². The fourth-order valence-corrected chi connectivity index (χ4v) is 3.16. The van der Waals surface area contributed by atoms with Crippen LogP contribution in [0.1, 0.15) is 13.8 Å². The molecule has 2 heterocycles. The zero-order valence-corrected chi connectivity index (χ0v) is 16.2. The minimum Gasteiger partial charge on any atom is -0.478 e. The van der Waals surface area contributed by atoms with Crippen LogP contribution in [-0.2, 0) is 20.9 Å². The predicted molar refractivity (Wildman–Crippen MR) is 106 cm³/mol. The highest BCUT2D eigenvalue weighted by atomic mass is 32.1. The third-order valence-corrected chi connectivity index (χ3v) is 4.58. The van der Waals surface area contributed by atoms with Crippen molar-refractivity contribution in [3.05, 3.63) is 52.4 Å². The van der Waals surface area contributed by atoms with E-state index in [9.17, 15) is 14.4 Å². The molecule has 1 N–H and O–H groups in total. The number of nitrogens with one attached hydrogen (secondary N) is 1. The summed E-state index contributed by atoms with van der Waals surface area (Å²) in [5.41, 5.74) is -0.332. The zero-order valence-electron chi connectivity index (χ0n) is 15.4. The number of hydrogen-bond donors (Lipinski definition) is 1. The van der Waals surface area contributed by atoms with E-state index in [-0.39, 0.29) is 24.6 Å². The molecular weight excluding hydrogens is 382 g/mol. The van der Waals surface area contributed by atoms with Gasteiger partial charge in [-0.2, -0.15) is 0 Å². The van der Waals surface area contributed by atoms with Crippen LogP contribution in [0.2, 0.25) is 0 Å². The van der Waals surface area contributed by atoms with Gasteiger partial charge in [0.25, 0.3) is 5.56 Å². The Morgan fingerprint density at radius 1 is 1.29 bits per heavy atom. The average molecular weight is 401 g/mol. The number of anilines is 1. The number of thiazole rings is 1. The van der Waals surface area contributed by atoms with Gasteiger partial charge in [0, 0.05) is 23.2 Å². The number of amides is 1. The Hall–Kier alpha value is -3.20. The van der Waals surface area contributed by atoms with Gasteiger partial charge in [-0.15, -0.1) is 11.3 Å². The molecule has 3 aromatic rings. The Balaban J connectivity index is 1.83. The molecule has 0 spiro atoms. The summed E-state index contributed by atoms with van der Waals surface area (Å²) in [7, 11) is 0. The second-order valence-electron chi connectivity index (χ2n) is 5.86. The number of esters is 1. The molecule has 0 aliphatic carbocycles. The second-order valence-corrected chi connectivity index (χ2v) is 6.76. The zero-order chi connectivity index (χ0) is 20.1. The summed E-state index contributed by atoms with van der Waals surface area (Å²) in [6.07, 6.45) is 2.30. The first-order valence-electron chi connectivity index (χ1n) is 8.64. The molecular formula is C19H19N3O5S. The van der Waals surface area contributed by atoms with E-state index < -0.39 is 12.1 Å². The smallest absolute Gasteiger partial charge is 0.347 e. The molecule has 1 unspecified atom stereocenters. The number of carbonyl (C=O) groups is 2. The van der Waals surface area contributed by atoms with Crippen molar-refractivity contribution in [1.82, 2.24) is 9.55 Å². The topological polar surface area (TPSA) is 99.5 Å². The van der Waals surface area contributed by atoms with Gasteiger partial charge in [-0.1, -0.05) is 6.07 Å². The van der Waals surface area contributed by atoms with Gasteiger partial charge < -0.3 is 19.4 Å². The van der Waals surface area contributed by atoms with Crippen molar-refractivity contribution < 1.29 is 19.1 Å². The fourth-order valence-electron chi connectivity index (χ4n) is 2.61. The van der Waals surface area contributed by atoms with Crippen LogP contribution in [0, 0.1) is 0 Å². The number of fused-ring (bicyclic) bond motifs is 1. The lowest BCUT2D eigenvalue weighted by Crippen LogP contribution is -2.28. The first-order valence-corrected chi connectivity index (χ1v) is 9.52. The van der Waals surface area contributed by atoms with Crippen molar-refractivity contribution in [3.63, 3.8) is 0 Å². The van der Waals surface area contributed by atoms with Gasteiger partial charge in [-0.05, 0) is 32.0 Å². The Kier molecular flexibility index (Phi) is 6.05. The third kappa shape index (κ3) is 4.37. The number of rotatable bonds is 7. The predicted octanol–water partition coefficient (Wildman–Crippen LogP) is 2.43. The number of nitrogens with zero attached hydrogens (tertiary/aromatic N) is 2. The quantitative estimate of drug-likeness (QED) is 0.611. The fraction of sp³-hybridized carbons (Fsp3) is 0.263. The third-order valence-electron chi connectivity index (χ3n) is 3.89. The highest BCUT2D eigenvalue weighted by Crippen LogP contribution is 2.24. The van der Waals surface area contributed by atoms with Crippen molar-refractivity contribution >= 4 is 39.1 Å². The average Bonchev–Trinajstić information content (AvgIpc) is 3.17. The van der Waals surface area contributed by atoms with Crippen molar-refractivity contribution in [2.24, 2.45) is 0 Å². The van der Waals surface area contributed by atoms with Crippen LogP contribution in [0.15, 0.2) is 46.8 Å². The molecule has 146 valence electrons. The van der Waals surface area contributed by atoms with Crippen molar-refractivity contribution in [3.8, 4) is 5.75 Å². The van der Waals surface area contributed by atoms with E-state index in [2.05, 4.69) is 10.3 Å². The molecule has 9 heteroatoms. The molecule has 0 aliphatic rings. The van der Waals surface area contributed by atoms with Crippen LogP contribution in [0.3, 0.4) is 0 Å². The van der Waals surface area contributed by atoms with Crippen molar-refractivity contribution in [2.75, 3.05) is 11.9 Å². The van der Waals surface area contributed by atoms with E-state index in [4.69, 9.17) is 9.47 Å². The highest BCUT2D eigenvalue weighted by Gasteiger charge is 2.18. The van der Waals surface area contributed by atoms with Crippen LogP contribution in [0.25, 0.3) is 10.8 Å². The van der Waals surface area contributed by atoms with E-state index in [1.165, 1.54) is 22.1 Å². The molecule has 1 amide bonds. The number of ether oxygens (including phenoxy) is 2. The van der Waals surface area contributed by atoms with Gasteiger partial charge in [0.2, 0.25) is 5.91 Å². The molecule has 0 aliphatic heterocycles. The minimum atomic E-state index is -0.808. The summed E-state index contributed by atoms with van der Waals surface area (Å²) < 4.78 is 11.9. The number of hydrogen-bond acceptors (Lipinski definition) is 7. The standard InChI is InChI=1S/C19H19N3O5S/c1-3-26-18(25)12(2)27-15-6-4-5-14-13(15)7-9-22(17(14)24)11-16(23)21-19-20-8-10-28-19/h4-10,12H,3,11H2,1-2H3,(H,20,21,23). The van der Waals surface area contributed by atoms with E-state index >= 15 is 0 Å². The Labute approximate surface area is 164 Å². The molecule has 0 saturated heterocycles. The van der Waals surface area contributed by atoms with Gasteiger partial charge in [0.1, 0.15) is 12.3 Å². The Bertz CT molecular complexity index is 1050. The summed E-state index contributed by atoms with van der Waals surface area (Å²) >= 11 is 1.30. The largest absolute Gasteiger partial charge is 0.478 e. The maximum atomic E-state index is 12.8. The lowest BCUT2D eigenvalue weighted by atomic mass is 10.1. The summed E-state index contributed by atoms with van der Waals surface area (Å²) in [5.74, 6) is -0.430. The van der Waals surface area contributed by atoms with Crippen LogP contribution < -0.4 is 15.6 Å². The summed E-state index contributed by atoms with van der Waals surface area (Å²) in [6, 6.07) is 6.67. The van der Waals surface area contributed by atoms with Gasteiger partial charge in [-0.3, -0.25) is 9.59 Å². The number of carbonyl (C=O) groups excluding carboxylic acids is 2. The Morgan fingerprint density at radius 3 is 2.82 bits per heavy atom. The van der Waals surface area contributed by atoms with Gasteiger partial charge in [-0.25, -0.2) is 9.78 Å². The van der Waals surface area contributed by atoms with Gasteiger partial charge in [0.15, 0.2) is 11.2 Å². The van der Waals surface area contributed by atoms with E-state index in [0.717, 1.165) is 0 Å². The molecule has 0 saturated carbocycles. The van der Waals surface area contributed by atoms with Gasteiger partial charge in [0.05, 0.1) is 12.0 Å². The summed E-state index contributed by atoms with van der Waals surface area (Å²) in [5, 5.41) is 5.80. The number of benzene rings is 1. The molecule has 0 fully saturated rings. The van der Waals surface area contributed by atoms with Crippen molar-refractivity contribution in [2.45, 2.75) is 26.5 Å². The molecule has 1 aromatic carbocycles. The number of pyridine rings is 1. The molecule has 2 aromatic heterocycles. The monoisotopic (exact) mass is 401 g/mol. The summed E-state index contributed by atoms with van der Waals surface area (Å²) in [6.45, 7) is 3.42.